The van der Waals surface area contributed by atoms with Gasteiger partial charge in [-0.25, -0.2) is 4.98 Å². The number of aromatic nitrogens is 1. The van der Waals surface area contributed by atoms with E-state index < -0.39 is 0 Å². The molecule has 19 heavy (non-hydrogen) atoms. The molecule has 0 bridgehead atoms. The first-order chi connectivity index (χ1) is 8.84. The van der Waals surface area contributed by atoms with Crippen LogP contribution in [0.3, 0.4) is 0 Å². The normalized spacial score (nSPS) is 17.1. The molecular formula is C16H21ClN2. The van der Waals surface area contributed by atoms with Crippen LogP contribution < -0.4 is 0 Å². The first-order valence-electron chi connectivity index (χ1n) is 6.94. The van der Waals surface area contributed by atoms with Crippen LogP contribution in [0.5, 0.6) is 0 Å². The number of fused-ring (bicyclic) bond motifs is 1. The zero-order valence-corrected chi connectivity index (χ0v) is 12.9. The lowest BCUT2D eigenvalue weighted by atomic mass is 9.72. The van der Waals surface area contributed by atoms with Crippen molar-refractivity contribution in [3.8, 4) is 6.07 Å². The standard InChI is InChI=1S/C16H21ClN2/c1-10(2)7-14-11-5-6-16(3,4)8-12(11)13(9-18)15(17)19-14/h10H,5-8H2,1-4H3. The van der Waals surface area contributed by atoms with Crippen molar-refractivity contribution in [1.82, 2.24) is 4.98 Å². The van der Waals surface area contributed by atoms with Crippen LogP contribution in [0.15, 0.2) is 0 Å². The molecule has 2 rings (SSSR count). The van der Waals surface area contributed by atoms with E-state index in [1.54, 1.807) is 0 Å². The van der Waals surface area contributed by atoms with E-state index in [1.807, 2.05) is 0 Å². The van der Waals surface area contributed by atoms with E-state index in [0.717, 1.165) is 36.9 Å². The maximum Gasteiger partial charge on any atom is 0.147 e. The predicted octanol–water partition coefficient (Wildman–Crippen LogP) is 4.32. The summed E-state index contributed by atoms with van der Waals surface area (Å²) in [5.41, 5.74) is 4.38. The maximum atomic E-state index is 9.34. The molecule has 0 amide bonds. The second-order valence-electron chi connectivity index (χ2n) is 6.73. The number of nitriles is 1. The molecule has 0 radical (unpaired) electrons. The highest BCUT2D eigenvalue weighted by Gasteiger charge is 2.30. The van der Waals surface area contributed by atoms with Gasteiger partial charge >= 0.3 is 0 Å². The van der Waals surface area contributed by atoms with Crippen molar-refractivity contribution < 1.29 is 0 Å². The van der Waals surface area contributed by atoms with Crippen LogP contribution in [0, 0.1) is 22.7 Å². The molecule has 1 aromatic rings. The van der Waals surface area contributed by atoms with Crippen LogP contribution in [0.1, 0.15) is 56.5 Å². The molecule has 0 atom stereocenters. The molecule has 1 aromatic heterocycles. The Balaban J connectivity index is 2.58. The first-order valence-corrected chi connectivity index (χ1v) is 7.32. The highest BCUT2D eigenvalue weighted by molar-refractivity contribution is 6.30. The molecule has 102 valence electrons. The summed E-state index contributed by atoms with van der Waals surface area (Å²) >= 11 is 6.21. The molecular weight excluding hydrogens is 256 g/mol. The van der Waals surface area contributed by atoms with Crippen molar-refractivity contribution in [2.75, 3.05) is 0 Å². The van der Waals surface area contributed by atoms with Gasteiger partial charge in [0.1, 0.15) is 11.2 Å². The Morgan fingerprint density at radius 1 is 1.37 bits per heavy atom. The summed E-state index contributed by atoms with van der Waals surface area (Å²) in [7, 11) is 0. The minimum absolute atomic E-state index is 0.248. The Hall–Kier alpha value is -1.07. The lowest BCUT2D eigenvalue weighted by Crippen LogP contribution is -2.25. The second kappa shape index (κ2) is 5.13. The minimum Gasteiger partial charge on any atom is -0.239 e. The quantitative estimate of drug-likeness (QED) is 0.754. The molecule has 3 heteroatoms. The number of rotatable bonds is 2. The molecule has 2 nitrogen and oxygen atoms in total. The smallest absolute Gasteiger partial charge is 0.147 e. The van der Waals surface area contributed by atoms with Gasteiger partial charge in [-0.05, 0) is 48.1 Å². The summed E-state index contributed by atoms with van der Waals surface area (Å²) in [5, 5.41) is 9.73. The number of nitrogens with zero attached hydrogens (tertiary/aromatic N) is 2. The van der Waals surface area contributed by atoms with Gasteiger partial charge in [0, 0.05) is 5.69 Å². The van der Waals surface area contributed by atoms with E-state index in [-0.39, 0.29) is 5.41 Å². The van der Waals surface area contributed by atoms with Crippen LogP contribution in [0.25, 0.3) is 0 Å². The van der Waals surface area contributed by atoms with Gasteiger partial charge in [-0.15, -0.1) is 0 Å². The van der Waals surface area contributed by atoms with Crippen molar-refractivity contribution >= 4 is 11.6 Å². The number of halogens is 1. The third kappa shape index (κ3) is 2.92. The van der Waals surface area contributed by atoms with Crippen LogP contribution in [0.4, 0.5) is 0 Å². The fourth-order valence-corrected chi connectivity index (χ4v) is 3.14. The van der Waals surface area contributed by atoms with Crippen molar-refractivity contribution in [2.45, 2.75) is 53.4 Å². The summed E-state index contributed by atoms with van der Waals surface area (Å²) < 4.78 is 0. The molecule has 1 aliphatic carbocycles. The highest BCUT2D eigenvalue weighted by Crippen LogP contribution is 2.39. The fourth-order valence-electron chi connectivity index (χ4n) is 2.88. The van der Waals surface area contributed by atoms with E-state index in [9.17, 15) is 5.26 Å². The Morgan fingerprint density at radius 3 is 2.63 bits per heavy atom. The predicted molar refractivity (Wildman–Crippen MR) is 78.3 cm³/mol. The lowest BCUT2D eigenvalue weighted by Gasteiger charge is -2.33. The Morgan fingerprint density at radius 2 is 2.05 bits per heavy atom. The second-order valence-corrected chi connectivity index (χ2v) is 7.09. The first kappa shape index (κ1) is 14.3. The largest absolute Gasteiger partial charge is 0.239 e. The summed E-state index contributed by atoms with van der Waals surface area (Å²) in [6, 6.07) is 2.25. The van der Waals surface area contributed by atoms with Crippen molar-refractivity contribution in [2.24, 2.45) is 11.3 Å². The van der Waals surface area contributed by atoms with E-state index >= 15 is 0 Å². The van der Waals surface area contributed by atoms with Gasteiger partial charge in [0.25, 0.3) is 0 Å². The third-order valence-corrected chi connectivity index (χ3v) is 4.15. The molecule has 0 saturated heterocycles. The van der Waals surface area contributed by atoms with Crippen LogP contribution in [-0.2, 0) is 19.3 Å². The zero-order valence-electron chi connectivity index (χ0n) is 12.2. The average molecular weight is 277 g/mol. The summed E-state index contributed by atoms with van der Waals surface area (Å²) in [5.74, 6) is 0.551. The molecule has 0 N–H and O–H groups in total. The monoisotopic (exact) mass is 276 g/mol. The molecule has 0 saturated carbocycles. The number of hydrogen-bond donors (Lipinski definition) is 0. The SMILES string of the molecule is CC(C)Cc1nc(Cl)c(C#N)c2c1CCC(C)(C)C2. The molecule has 0 fully saturated rings. The summed E-state index contributed by atoms with van der Waals surface area (Å²) in [6.45, 7) is 8.89. The van der Waals surface area contributed by atoms with Gasteiger partial charge in [-0.2, -0.15) is 5.26 Å². The van der Waals surface area contributed by atoms with Crippen LogP contribution in [-0.4, -0.2) is 4.98 Å². The van der Waals surface area contributed by atoms with Crippen LogP contribution >= 0.6 is 11.6 Å². The molecule has 0 spiro atoms. The van der Waals surface area contributed by atoms with Crippen molar-refractivity contribution in [3.05, 3.63) is 27.5 Å². The Kier molecular flexibility index (Phi) is 3.87. The molecule has 1 heterocycles. The minimum atomic E-state index is 0.248. The topological polar surface area (TPSA) is 36.7 Å². The van der Waals surface area contributed by atoms with E-state index in [0.29, 0.717) is 16.6 Å². The van der Waals surface area contributed by atoms with Crippen LogP contribution in [0.2, 0.25) is 5.15 Å². The van der Waals surface area contributed by atoms with Gasteiger partial charge in [0.15, 0.2) is 0 Å². The van der Waals surface area contributed by atoms with Gasteiger partial charge in [0.05, 0.1) is 5.56 Å². The maximum absolute atomic E-state index is 9.34. The van der Waals surface area contributed by atoms with E-state index in [1.165, 1.54) is 5.56 Å². The highest BCUT2D eigenvalue weighted by atomic mass is 35.5. The average Bonchev–Trinajstić information content (AvgIpc) is 2.26. The molecule has 0 aliphatic heterocycles. The lowest BCUT2D eigenvalue weighted by molar-refractivity contribution is 0.313. The van der Waals surface area contributed by atoms with Gasteiger partial charge in [-0.1, -0.05) is 39.3 Å². The fraction of sp³-hybridized carbons (Fsp3) is 0.625. The van der Waals surface area contributed by atoms with Crippen molar-refractivity contribution in [3.63, 3.8) is 0 Å². The Bertz CT molecular complexity index is 539. The van der Waals surface area contributed by atoms with Crippen molar-refractivity contribution in [1.29, 1.82) is 5.26 Å². The third-order valence-electron chi connectivity index (χ3n) is 3.87. The molecule has 0 aromatic carbocycles. The van der Waals surface area contributed by atoms with E-state index in [4.69, 9.17) is 11.6 Å². The Labute approximate surface area is 120 Å². The van der Waals surface area contributed by atoms with E-state index in [2.05, 4.69) is 38.7 Å². The van der Waals surface area contributed by atoms with Gasteiger partial charge in [0.2, 0.25) is 0 Å². The van der Waals surface area contributed by atoms with Gasteiger partial charge in [-0.3, -0.25) is 0 Å². The molecule has 1 aliphatic rings. The molecule has 0 unspecified atom stereocenters. The van der Waals surface area contributed by atoms with Gasteiger partial charge < -0.3 is 0 Å². The summed E-state index contributed by atoms with van der Waals surface area (Å²) in [6.07, 6.45) is 4.04. The number of pyridine rings is 1. The summed E-state index contributed by atoms with van der Waals surface area (Å²) in [4.78, 5) is 4.49. The number of hydrogen-bond acceptors (Lipinski definition) is 2. The zero-order chi connectivity index (χ0) is 14.2.